The molecule has 7 heteroatoms. The Kier molecular flexibility index (Phi) is 6.38. The predicted octanol–water partition coefficient (Wildman–Crippen LogP) is 5.20. The summed E-state index contributed by atoms with van der Waals surface area (Å²) in [5, 5.41) is 13.3. The molecule has 4 aromatic rings. The van der Waals surface area contributed by atoms with E-state index in [1.165, 1.54) is 0 Å². The second kappa shape index (κ2) is 9.77. The number of benzene rings is 3. The van der Waals surface area contributed by atoms with Crippen LogP contribution >= 0.6 is 0 Å². The van der Waals surface area contributed by atoms with Crippen LogP contribution in [0, 0.1) is 0 Å². The zero-order valence-electron chi connectivity index (χ0n) is 20.2. The van der Waals surface area contributed by atoms with Gasteiger partial charge in [-0.05, 0) is 52.9 Å². The van der Waals surface area contributed by atoms with Gasteiger partial charge in [0.25, 0.3) is 0 Å². The lowest BCUT2D eigenvalue weighted by Gasteiger charge is -2.17. The monoisotopic (exact) mass is 484 g/mol. The minimum Gasteiger partial charge on any atom is -0.497 e. The normalized spacial score (nSPS) is 13.2. The lowest BCUT2D eigenvalue weighted by molar-refractivity contribution is -0.139. The summed E-state index contributed by atoms with van der Waals surface area (Å²) in [6.07, 6.45) is 1.30. The Morgan fingerprint density at radius 2 is 1.69 bits per heavy atom. The molecule has 2 N–H and O–H groups in total. The van der Waals surface area contributed by atoms with Crippen molar-refractivity contribution >= 4 is 23.0 Å². The van der Waals surface area contributed by atoms with Gasteiger partial charge in [0, 0.05) is 36.0 Å². The van der Waals surface area contributed by atoms with Gasteiger partial charge in [-0.2, -0.15) is 0 Å². The lowest BCUT2D eigenvalue weighted by atomic mass is 9.98. The number of carboxylic acids is 1. The smallest absolute Gasteiger partial charge is 0.407 e. The Labute approximate surface area is 209 Å². The third-order valence-corrected chi connectivity index (χ3v) is 6.87. The lowest BCUT2D eigenvalue weighted by Crippen LogP contribution is -2.42. The zero-order chi connectivity index (χ0) is 25.2. The number of carbonyl (C=O) groups is 2. The van der Waals surface area contributed by atoms with Gasteiger partial charge in [0.1, 0.15) is 18.4 Å². The van der Waals surface area contributed by atoms with Gasteiger partial charge < -0.3 is 24.5 Å². The number of alkyl carbamates (subject to hydrolysis) is 1. The molecule has 0 radical (unpaired) electrons. The summed E-state index contributed by atoms with van der Waals surface area (Å²) in [7, 11) is 1.59. The van der Waals surface area contributed by atoms with Gasteiger partial charge in [-0.1, -0.05) is 48.5 Å². The molecular weight excluding hydrogens is 456 g/mol. The highest BCUT2D eigenvalue weighted by atomic mass is 16.5. The number of aliphatic carboxylic acids is 1. The molecule has 0 spiro atoms. The molecule has 0 bridgehead atoms. The van der Waals surface area contributed by atoms with Crippen molar-refractivity contribution in [1.82, 2.24) is 9.88 Å². The van der Waals surface area contributed by atoms with Crippen molar-refractivity contribution in [3.63, 3.8) is 0 Å². The van der Waals surface area contributed by atoms with Crippen molar-refractivity contribution in [3.05, 3.63) is 89.6 Å². The molecule has 0 saturated heterocycles. The number of ether oxygens (including phenoxy) is 2. The van der Waals surface area contributed by atoms with E-state index in [4.69, 9.17) is 9.47 Å². The third kappa shape index (κ3) is 4.28. The Morgan fingerprint density at radius 1 is 1.03 bits per heavy atom. The van der Waals surface area contributed by atoms with Crippen molar-refractivity contribution < 1.29 is 24.2 Å². The molecule has 36 heavy (non-hydrogen) atoms. The molecule has 1 amide bonds. The minimum absolute atomic E-state index is 0.0959. The van der Waals surface area contributed by atoms with Crippen molar-refractivity contribution in [2.24, 2.45) is 0 Å². The number of carbonyl (C=O) groups excluding carboxylic acids is 1. The maximum atomic E-state index is 12.7. The van der Waals surface area contributed by atoms with E-state index in [1.54, 1.807) is 7.11 Å². The Hall–Kier alpha value is -4.26. The van der Waals surface area contributed by atoms with Gasteiger partial charge in [-0.15, -0.1) is 0 Å². The molecule has 0 aliphatic heterocycles. The molecule has 1 unspecified atom stereocenters. The molecule has 1 atom stereocenters. The van der Waals surface area contributed by atoms with E-state index in [-0.39, 0.29) is 18.9 Å². The Bertz CT molecular complexity index is 1400. The highest BCUT2D eigenvalue weighted by molar-refractivity contribution is 5.87. The number of aromatic nitrogens is 1. The zero-order valence-corrected chi connectivity index (χ0v) is 20.2. The van der Waals surface area contributed by atoms with Crippen LogP contribution in [-0.2, 0) is 22.5 Å². The first kappa shape index (κ1) is 23.5. The first-order valence-electron chi connectivity index (χ1n) is 12.0. The number of hydrogen-bond acceptors (Lipinski definition) is 4. The van der Waals surface area contributed by atoms with Gasteiger partial charge >= 0.3 is 12.1 Å². The number of aryl methyl sites for hydroxylation is 1. The van der Waals surface area contributed by atoms with E-state index in [0.717, 1.165) is 45.3 Å². The summed E-state index contributed by atoms with van der Waals surface area (Å²) in [6.45, 7) is 2.88. The summed E-state index contributed by atoms with van der Waals surface area (Å²) in [4.78, 5) is 24.8. The highest BCUT2D eigenvalue weighted by Gasteiger charge is 2.30. The van der Waals surface area contributed by atoms with Crippen LogP contribution in [0.15, 0.2) is 72.9 Å². The number of rotatable bonds is 8. The fraction of sp³-hybridized carbons (Fsp3) is 0.241. The van der Waals surface area contributed by atoms with Crippen LogP contribution in [0.25, 0.3) is 22.0 Å². The summed E-state index contributed by atoms with van der Waals surface area (Å²) < 4.78 is 13.0. The minimum atomic E-state index is -1.14. The molecule has 0 saturated carbocycles. The van der Waals surface area contributed by atoms with Gasteiger partial charge in [0.2, 0.25) is 0 Å². The van der Waals surface area contributed by atoms with Crippen molar-refractivity contribution in [1.29, 1.82) is 0 Å². The van der Waals surface area contributed by atoms with Crippen molar-refractivity contribution in [2.75, 3.05) is 13.7 Å². The van der Waals surface area contributed by atoms with Crippen molar-refractivity contribution in [2.45, 2.75) is 31.8 Å². The van der Waals surface area contributed by atoms with Crippen molar-refractivity contribution in [3.8, 4) is 16.9 Å². The second-order valence-corrected chi connectivity index (χ2v) is 8.89. The summed E-state index contributed by atoms with van der Waals surface area (Å²) in [5.41, 5.74) is 6.27. The van der Waals surface area contributed by atoms with E-state index >= 15 is 0 Å². The topological polar surface area (TPSA) is 89.8 Å². The Balaban J connectivity index is 1.31. The molecule has 184 valence electrons. The molecule has 1 aliphatic carbocycles. The number of fused-ring (bicyclic) bond motifs is 4. The van der Waals surface area contributed by atoms with Gasteiger partial charge in [0.05, 0.1) is 7.11 Å². The number of amides is 1. The van der Waals surface area contributed by atoms with E-state index in [0.29, 0.717) is 5.75 Å². The van der Waals surface area contributed by atoms with Gasteiger partial charge in [0.15, 0.2) is 0 Å². The fourth-order valence-electron chi connectivity index (χ4n) is 5.10. The first-order valence-corrected chi connectivity index (χ1v) is 12.0. The molecule has 5 rings (SSSR count). The van der Waals surface area contributed by atoms with Crippen LogP contribution in [0.1, 0.15) is 29.5 Å². The molecule has 1 heterocycles. The second-order valence-electron chi connectivity index (χ2n) is 8.89. The third-order valence-electron chi connectivity index (χ3n) is 6.87. The summed E-state index contributed by atoms with van der Waals surface area (Å²) in [5.74, 6) is -0.529. The van der Waals surface area contributed by atoms with E-state index in [1.807, 2.05) is 67.7 Å². The molecule has 0 fully saturated rings. The summed E-state index contributed by atoms with van der Waals surface area (Å²) in [6, 6.07) is 20.7. The van der Waals surface area contributed by atoms with Crippen LogP contribution in [0.2, 0.25) is 0 Å². The van der Waals surface area contributed by atoms with Gasteiger partial charge in [-0.25, -0.2) is 9.59 Å². The van der Waals surface area contributed by atoms with E-state index in [2.05, 4.69) is 22.0 Å². The molecule has 3 aromatic carbocycles. The molecule has 7 nitrogen and oxygen atoms in total. The van der Waals surface area contributed by atoms with Gasteiger partial charge in [-0.3, -0.25) is 0 Å². The SMILES string of the molecule is CCn1cc(CC(NC(=O)OCC2c3ccccc3-c3ccccc32)C(=O)O)c2cc(OC)ccc21. The molecular formula is C29H28N2O5. The number of hydrogen-bond donors (Lipinski definition) is 2. The number of carboxylic acid groups (broad SMARTS) is 1. The van der Waals surface area contributed by atoms with E-state index in [9.17, 15) is 14.7 Å². The number of methoxy groups -OCH3 is 1. The highest BCUT2D eigenvalue weighted by Crippen LogP contribution is 2.44. The first-order chi connectivity index (χ1) is 17.5. The van der Waals surface area contributed by atoms with Crippen LogP contribution in [0.4, 0.5) is 4.79 Å². The average molecular weight is 485 g/mol. The van der Waals surface area contributed by atoms with Crippen LogP contribution in [-0.4, -0.2) is 41.5 Å². The molecule has 1 aromatic heterocycles. The van der Waals surface area contributed by atoms with Crippen LogP contribution in [0.5, 0.6) is 5.75 Å². The van der Waals surface area contributed by atoms with Crippen LogP contribution < -0.4 is 10.1 Å². The fourth-order valence-corrected chi connectivity index (χ4v) is 5.10. The summed E-state index contributed by atoms with van der Waals surface area (Å²) >= 11 is 0. The van der Waals surface area contributed by atoms with E-state index < -0.39 is 18.1 Å². The Morgan fingerprint density at radius 3 is 2.31 bits per heavy atom. The maximum Gasteiger partial charge on any atom is 0.407 e. The maximum absolute atomic E-state index is 12.7. The number of nitrogens with one attached hydrogen (secondary N) is 1. The average Bonchev–Trinajstić information content (AvgIpc) is 3.41. The quantitative estimate of drug-likeness (QED) is 0.359. The number of nitrogens with zero attached hydrogens (tertiary/aromatic N) is 1. The van der Waals surface area contributed by atoms with Crippen LogP contribution in [0.3, 0.4) is 0 Å². The molecule has 1 aliphatic rings. The predicted molar refractivity (Wildman–Crippen MR) is 137 cm³/mol. The standard InChI is InChI=1S/C29H28N2O5/c1-3-31-16-18(24-15-19(35-2)12-13-27(24)31)14-26(28(32)33)30-29(34)36-17-25-22-10-6-4-8-20(22)21-9-5-7-11-23(21)25/h4-13,15-16,25-26H,3,14,17H2,1-2H3,(H,30,34)(H,32,33). The largest absolute Gasteiger partial charge is 0.497 e.